The van der Waals surface area contributed by atoms with Crippen LogP contribution in [0.3, 0.4) is 0 Å². The fourth-order valence-corrected chi connectivity index (χ4v) is 3.02. The molecule has 0 saturated carbocycles. The van der Waals surface area contributed by atoms with Crippen molar-refractivity contribution < 1.29 is 9.59 Å². The number of nitrogens with two attached hydrogens (primary N) is 1. The number of unbranched alkanes of at least 4 members (excludes halogenated alkanes) is 12. The Morgan fingerprint density at radius 3 is 1.19 bits per heavy atom. The highest BCUT2D eigenvalue weighted by Gasteiger charge is 2.08. The molecule has 0 rings (SSSR count). The van der Waals surface area contributed by atoms with Crippen molar-refractivity contribution in [1.82, 2.24) is 4.90 Å². The summed E-state index contributed by atoms with van der Waals surface area (Å²) in [5, 5.41) is -0.683. The molecule has 2 N–H and O–H groups in total. The smallest absolute Gasteiger partial charge is 0.278 e. The predicted molar refractivity (Wildman–Crippen MR) is 121 cm³/mol. The van der Waals surface area contributed by atoms with E-state index < -0.39 is 5.24 Å². The predicted octanol–water partition coefficient (Wildman–Crippen LogP) is 6.83. The van der Waals surface area contributed by atoms with E-state index in [-0.39, 0.29) is 5.24 Å². The zero-order valence-electron chi connectivity index (χ0n) is 17.0. The molecule has 0 aromatic rings. The third kappa shape index (κ3) is 25.9. The molecule has 0 spiro atoms. The second kappa shape index (κ2) is 22.7. The van der Waals surface area contributed by atoms with Crippen LogP contribution in [0.25, 0.3) is 0 Å². The molecule has 6 heteroatoms. The maximum atomic E-state index is 11.5. The lowest BCUT2D eigenvalue weighted by atomic mass is 10.1. The molecule has 2 amide bonds. The number of nitrogens with zero attached hydrogens (tertiary/aromatic N) is 1. The van der Waals surface area contributed by atoms with Gasteiger partial charge in [-0.15, -0.1) is 0 Å². The standard InChI is InChI=1S/C19H39NOS.CH3NOS/c1-3-5-7-9-11-13-15-17-20(19(21)22)18-16-14-12-10-8-6-4-2;2-1(3)4/h3-18H2,1-2H3,(H,21,22);(H3,2,3,4). The van der Waals surface area contributed by atoms with Gasteiger partial charge >= 0.3 is 0 Å². The van der Waals surface area contributed by atoms with Crippen molar-refractivity contribution in [2.24, 2.45) is 5.73 Å². The van der Waals surface area contributed by atoms with Crippen LogP contribution in [0.15, 0.2) is 0 Å². The van der Waals surface area contributed by atoms with E-state index in [2.05, 4.69) is 44.8 Å². The first-order valence-electron chi connectivity index (χ1n) is 10.4. The summed E-state index contributed by atoms with van der Waals surface area (Å²) in [6.45, 7) is 6.29. The van der Waals surface area contributed by atoms with Gasteiger partial charge in [0.15, 0.2) is 0 Å². The average Bonchev–Trinajstić information content (AvgIpc) is 2.57. The molecule has 0 heterocycles. The molecule has 0 fully saturated rings. The summed E-state index contributed by atoms with van der Waals surface area (Å²) in [5.74, 6) is 0. The number of primary amides is 1. The molecule has 0 saturated heterocycles. The normalized spacial score (nSPS) is 10.2. The van der Waals surface area contributed by atoms with Gasteiger partial charge in [0.25, 0.3) is 10.5 Å². The Morgan fingerprint density at radius 1 is 0.654 bits per heavy atom. The van der Waals surface area contributed by atoms with Crippen LogP contribution in [0, 0.1) is 0 Å². The minimum atomic E-state index is -0.639. The van der Waals surface area contributed by atoms with Crippen molar-refractivity contribution in [3.63, 3.8) is 0 Å². The van der Waals surface area contributed by atoms with E-state index in [1.54, 1.807) is 0 Å². The Labute approximate surface area is 172 Å². The molecule has 0 radical (unpaired) electrons. The summed E-state index contributed by atoms with van der Waals surface area (Å²) >= 11 is 7.13. The summed E-state index contributed by atoms with van der Waals surface area (Å²) in [5.41, 5.74) is 4.34. The molecular formula is C20H42N2O2S2. The van der Waals surface area contributed by atoms with Crippen molar-refractivity contribution in [2.45, 2.75) is 104 Å². The van der Waals surface area contributed by atoms with E-state index in [1.807, 2.05) is 4.90 Å². The fraction of sp³-hybridized carbons (Fsp3) is 0.900. The SMILES string of the molecule is CCCCCCCCCN(CCCCCCCCC)C(=O)S.NC(=O)S. The third-order valence-electron chi connectivity index (χ3n) is 4.33. The molecule has 0 unspecified atom stereocenters. The summed E-state index contributed by atoms with van der Waals surface area (Å²) in [7, 11) is 0. The van der Waals surface area contributed by atoms with Crippen LogP contribution in [-0.2, 0) is 0 Å². The first kappa shape index (κ1) is 27.9. The van der Waals surface area contributed by atoms with Crippen LogP contribution >= 0.6 is 25.3 Å². The van der Waals surface area contributed by atoms with Crippen molar-refractivity contribution in [3.05, 3.63) is 0 Å². The summed E-state index contributed by atoms with van der Waals surface area (Å²) in [6, 6.07) is 0. The number of carbonyl (C=O) groups is 2. The van der Waals surface area contributed by atoms with Crippen molar-refractivity contribution in [2.75, 3.05) is 13.1 Å². The lowest BCUT2D eigenvalue weighted by molar-refractivity contribution is 0.220. The number of thiol groups is 2. The Balaban J connectivity index is 0. The first-order valence-corrected chi connectivity index (χ1v) is 11.3. The van der Waals surface area contributed by atoms with Crippen LogP contribution in [0.2, 0.25) is 0 Å². The van der Waals surface area contributed by atoms with Gasteiger partial charge in [-0.25, -0.2) is 0 Å². The van der Waals surface area contributed by atoms with E-state index in [1.165, 1.54) is 77.0 Å². The number of rotatable bonds is 16. The summed E-state index contributed by atoms with van der Waals surface area (Å²) in [4.78, 5) is 22.6. The van der Waals surface area contributed by atoms with Crippen molar-refractivity contribution in [3.8, 4) is 0 Å². The molecular weight excluding hydrogens is 364 g/mol. The molecule has 26 heavy (non-hydrogen) atoms. The first-order chi connectivity index (χ1) is 12.5. The van der Waals surface area contributed by atoms with E-state index in [4.69, 9.17) is 4.79 Å². The van der Waals surface area contributed by atoms with Crippen molar-refractivity contribution >= 4 is 35.7 Å². The zero-order valence-corrected chi connectivity index (χ0v) is 18.8. The van der Waals surface area contributed by atoms with Gasteiger partial charge in [-0.3, -0.25) is 9.59 Å². The van der Waals surface area contributed by atoms with E-state index >= 15 is 0 Å². The number of hydrogen-bond donors (Lipinski definition) is 3. The lowest BCUT2D eigenvalue weighted by Crippen LogP contribution is -2.28. The van der Waals surface area contributed by atoms with Gasteiger partial charge in [0.05, 0.1) is 0 Å². The minimum absolute atomic E-state index is 0.0445. The van der Waals surface area contributed by atoms with E-state index in [0.717, 1.165) is 25.9 Å². The third-order valence-corrected chi connectivity index (χ3v) is 4.62. The molecule has 0 aliphatic heterocycles. The number of carbonyl (C=O) groups excluding carboxylic acids is 2. The second-order valence-corrected chi connectivity index (χ2v) is 7.67. The van der Waals surface area contributed by atoms with Crippen LogP contribution in [0.5, 0.6) is 0 Å². The topological polar surface area (TPSA) is 63.4 Å². The Kier molecular flexibility index (Phi) is 24.3. The van der Waals surface area contributed by atoms with Gasteiger partial charge in [-0.1, -0.05) is 116 Å². The van der Waals surface area contributed by atoms with Crippen LogP contribution in [0.4, 0.5) is 9.59 Å². The van der Waals surface area contributed by atoms with Crippen molar-refractivity contribution in [1.29, 1.82) is 0 Å². The van der Waals surface area contributed by atoms with Crippen LogP contribution in [-0.4, -0.2) is 28.5 Å². The largest absolute Gasteiger partial charge is 0.361 e. The molecule has 0 aliphatic carbocycles. The highest BCUT2D eigenvalue weighted by molar-refractivity contribution is 7.96. The molecule has 0 aliphatic rings. The molecule has 4 nitrogen and oxygen atoms in total. The molecule has 0 atom stereocenters. The fourth-order valence-electron chi connectivity index (χ4n) is 2.82. The zero-order chi connectivity index (χ0) is 20.0. The Bertz CT molecular complexity index is 307. The highest BCUT2D eigenvalue weighted by atomic mass is 32.1. The molecule has 0 bridgehead atoms. The Morgan fingerprint density at radius 2 is 0.923 bits per heavy atom. The van der Waals surface area contributed by atoms with Crippen LogP contribution < -0.4 is 5.73 Å². The van der Waals surface area contributed by atoms with E-state index in [9.17, 15) is 4.79 Å². The van der Waals surface area contributed by atoms with Gasteiger partial charge in [0, 0.05) is 13.1 Å². The molecule has 156 valence electrons. The van der Waals surface area contributed by atoms with Crippen LogP contribution in [0.1, 0.15) is 104 Å². The maximum absolute atomic E-state index is 11.5. The maximum Gasteiger partial charge on any atom is 0.278 e. The molecule has 0 aromatic heterocycles. The van der Waals surface area contributed by atoms with E-state index in [0.29, 0.717) is 0 Å². The number of amides is 2. The van der Waals surface area contributed by atoms with Gasteiger partial charge in [0.2, 0.25) is 0 Å². The van der Waals surface area contributed by atoms with Gasteiger partial charge in [-0.05, 0) is 12.8 Å². The summed E-state index contributed by atoms with van der Waals surface area (Å²) in [6.07, 6.45) is 18.1. The van der Waals surface area contributed by atoms with Gasteiger partial charge in [0.1, 0.15) is 0 Å². The average molecular weight is 407 g/mol. The van der Waals surface area contributed by atoms with Gasteiger partial charge < -0.3 is 10.6 Å². The quantitative estimate of drug-likeness (QED) is 0.194. The van der Waals surface area contributed by atoms with Gasteiger partial charge in [-0.2, -0.15) is 0 Å². The minimum Gasteiger partial charge on any atom is -0.361 e. The molecule has 0 aromatic carbocycles. The highest BCUT2D eigenvalue weighted by Crippen LogP contribution is 2.11. The summed E-state index contributed by atoms with van der Waals surface area (Å²) < 4.78 is 0. The number of hydrogen-bond acceptors (Lipinski definition) is 2. The second-order valence-electron chi connectivity index (χ2n) is 6.85. The monoisotopic (exact) mass is 406 g/mol. The Hall–Kier alpha value is -0.360. The lowest BCUT2D eigenvalue weighted by Gasteiger charge is -2.20.